The molecule has 0 N–H and O–H groups in total. The van der Waals surface area contributed by atoms with Gasteiger partial charge in [-0.15, -0.1) is 0 Å². The molecule has 0 saturated carbocycles. The van der Waals surface area contributed by atoms with Gasteiger partial charge in [-0.05, 0) is 57.4 Å². The van der Waals surface area contributed by atoms with Crippen LogP contribution in [0.5, 0.6) is 0 Å². The Labute approximate surface area is 167 Å². The monoisotopic (exact) mass is 392 g/mol. The van der Waals surface area contributed by atoms with Crippen molar-refractivity contribution in [2.24, 2.45) is 5.92 Å². The number of ether oxygens (including phenoxy) is 4. The highest BCUT2D eigenvalue weighted by Crippen LogP contribution is 2.49. The van der Waals surface area contributed by atoms with Crippen molar-refractivity contribution < 1.29 is 28.5 Å². The molecule has 4 atom stereocenters. The van der Waals surface area contributed by atoms with E-state index in [1.165, 1.54) is 14.2 Å². The fourth-order valence-corrected chi connectivity index (χ4v) is 4.34. The average molecular weight is 392 g/mol. The first-order chi connectivity index (χ1) is 13.3. The summed E-state index contributed by atoms with van der Waals surface area (Å²) in [5.41, 5.74) is 0.780. The largest absolute Gasteiger partial charge is 0.466 e. The van der Waals surface area contributed by atoms with E-state index in [1.807, 2.05) is 12.2 Å². The molecule has 2 fully saturated rings. The van der Waals surface area contributed by atoms with Crippen molar-refractivity contribution in [2.45, 2.75) is 82.7 Å². The third-order valence-corrected chi connectivity index (χ3v) is 6.52. The molecule has 156 valence electrons. The average Bonchev–Trinajstić information content (AvgIpc) is 3.55. The lowest BCUT2D eigenvalue weighted by Crippen LogP contribution is -2.24. The Kier molecular flexibility index (Phi) is 6.01. The van der Waals surface area contributed by atoms with Crippen LogP contribution in [0.25, 0.3) is 0 Å². The molecule has 3 aliphatic rings. The number of carbonyl (C=O) groups is 2. The van der Waals surface area contributed by atoms with Crippen LogP contribution in [0.4, 0.5) is 0 Å². The summed E-state index contributed by atoms with van der Waals surface area (Å²) in [4.78, 5) is 24.5. The Morgan fingerprint density at radius 2 is 1.75 bits per heavy atom. The summed E-state index contributed by atoms with van der Waals surface area (Å²) < 4.78 is 22.0. The molecule has 6 nitrogen and oxygen atoms in total. The molecule has 2 aliphatic heterocycles. The normalized spacial score (nSPS) is 39.2. The van der Waals surface area contributed by atoms with E-state index in [9.17, 15) is 9.59 Å². The quantitative estimate of drug-likeness (QED) is 0.540. The summed E-state index contributed by atoms with van der Waals surface area (Å²) in [7, 11) is 2.82. The van der Waals surface area contributed by atoms with Crippen molar-refractivity contribution in [1.29, 1.82) is 0 Å². The second-order valence-corrected chi connectivity index (χ2v) is 8.55. The van der Waals surface area contributed by atoms with Crippen molar-refractivity contribution in [3.05, 3.63) is 23.3 Å². The lowest BCUT2D eigenvalue weighted by molar-refractivity contribution is -0.137. The van der Waals surface area contributed by atoms with Gasteiger partial charge in [-0.25, -0.2) is 9.59 Å². The molecule has 3 rings (SSSR count). The van der Waals surface area contributed by atoms with Crippen LogP contribution in [0.2, 0.25) is 0 Å². The summed E-state index contributed by atoms with van der Waals surface area (Å²) in [6.45, 7) is 6.31. The molecule has 1 aliphatic carbocycles. The molecular weight excluding hydrogens is 360 g/mol. The van der Waals surface area contributed by atoms with E-state index in [0.29, 0.717) is 30.4 Å². The van der Waals surface area contributed by atoms with Crippen LogP contribution >= 0.6 is 0 Å². The molecule has 0 amide bonds. The van der Waals surface area contributed by atoms with Gasteiger partial charge in [0.1, 0.15) is 11.7 Å². The fraction of sp³-hybridized carbons (Fsp3) is 0.727. The van der Waals surface area contributed by atoms with E-state index >= 15 is 0 Å². The van der Waals surface area contributed by atoms with Crippen LogP contribution in [0.3, 0.4) is 0 Å². The molecule has 6 heteroatoms. The minimum atomic E-state index is -0.360. The van der Waals surface area contributed by atoms with Crippen LogP contribution in [-0.4, -0.2) is 49.6 Å². The number of epoxide rings is 2. The van der Waals surface area contributed by atoms with Gasteiger partial charge in [0, 0.05) is 11.1 Å². The maximum atomic E-state index is 12.3. The zero-order chi connectivity index (χ0) is 20.5. The Bertz CT molecular complexity index is 693. The van der Waals surface area contributed by atoms with Gasteiger partial charge in [0.05, 0.1) is 25.9 Å². The maximum absolute atomic E-state index is 12.3. The Morgan fingerprint density at radius 3 is 2.39 bits per heavy atom. The highest BCUT2D eigenvalue weighted by molar-refractivity contribution is 5.89. The molecule has 0 radical (unpaired) electrons. The van der Waals surface area contributed by atoms with Crippen molar-refractivity contribution in [3.63, 3.8) is 0 Å². The standard InChI is InChI=1S/C22H32O6/c1-14(2)22-12-10-15(19(23)25-4)7-6-11-21(3)17(27-21)9-8-16(20(24)26-5)13-18(22)28-22/h7,13-14,17-18H,6,8-12H2,1-5H3/b15-7-,16-13+/t17-,18-,21-,22+/m0/s1. The number of methoxy groups -OCH3 is 2. The minimum Gasteiger partial charge on any atom is -0.466 e. The number of esters is 2. The molecule has 0 spiro atoms. The zero-order valence-corrected chi connectivity index (χ0v) is 17.6. The third-order valence-electron chi connectivity index (χ3n) is 6.52. The second-order valence-electron chi connectivity index (χ2n) is 8.55. The summed E-state index contributed by atoms with van der Waals surface area (Å²) in [5, 5.41) is 0. The van der Waals surface area contributed by atoms with Gasteiger partial charge in [-0.1, -0.05) is 19.9 Å². The molecule has 0 aromatic carbocycles. The Morgan fingerprint density at radius 1 is 1.07 bits per heavy atom. The lowest BCUT2D eigenvalue weighted by Gasteiger charge is -2.18. The number of allylic oxidation sites excluding steroid dienone is 1. The van der Waals surface area contributed by atoms with Gasteiger partial charge in [-0.2, -0.15) is 0 Å². The third kappa shape index (κ3) is 4.18. The van der Waals surface area contributed by atoms with Gasteiger partial charge in [0.25, 0.3) is 0 Å². The van der Waals surface area contributed by atoms with Crippen molar-refractivity contribution >= 4 is 11.9 Å². The van der Waals surface area contributed by atoms with Crippen molar-refractivity contribution in [1.82, 2.24) is 0 Å². The second kappa shape index (κ2) is 7.99. The molecule has 0 aromatic rings. The Balaban J connectivity index is 1.86. The summed E-state index contributed by atoms with van der Waals surface area (Å²) >= 11 is 0. The smallest absolute Gasteiger partial charge is 0.333 e. The highest BCUT2D eigenvalue weighted by atomic mass is 16.6. The molecule has 28 heavy (non-hydrogen) atoms. The summed E-state index contributed by atoms with van der Waals surface area (Å²) in [6.07, 6.45) is 8.16. The molecule has 2 saturated heterocycles. The first kappa shape index (κ1) is 21.1. The molecule has 0 aromatic heterocycles. The number of hydrogen-bond acceptors (Lipinski definition) is 6. The molecule has 2 heterocycles. The van der Waals surface area contributed by atoms with Crippen molar-refractivity contribution in [2.75, 3.05) is 14.2 Å². The van der Waals surface area contributed by atoms with E-state index in [4.69, 9.17) is 18.9 Å². The number of hydrogen-bond donors (Lipinski definition) is 0. The highest BCUT2D eigenvalue weighted by Gasteiger charge is 2.57. The van der Waals surface area contributed by atoms with E-state index in [0.717, 1.165) is 19.3 Å². The molecular formula is C22H32O6. The summed E-state index contributed by atoms with van der Waals surface area (Å²) in [6, 6.07) is 0. The SMILES string of the molecule is COC(=O)/C1=C\CC[C@]2(C)O[C@H]2CC/C(C(=O)OC)=C\[C@@H]2O[C@@]2(C(C)C)CC1. The van der Waals surface area contributed by atoms with Crippen LogP contribution in [-0.2, 0) is 28.5 Å². The zero-order valence-electron chi connectivity index (χ0n) is 17.6. The predicted octanol–water partition coefficient (Wildman–Crippen LogP) is 3.49. The first-order valence-electron chi connectivity index (χ1n) is 10.2. The number of rotatable bonds is 3. The van der Waals surface area contributed by atoms with E-state index in [-0.39, 0.29) is 41.3 Å². The van der Waals surface area contributed by atoms with Gasteiger partial charge in [-0.3, -0.25) is 0 Å². The number of fused-ring (bicyclic) bond motifs is 2. The van der Waals surface area contributed by atoms with Gasteiger partial charge in [0.15, 0.2) is 0 Å². The summed E-state index contributed by atoms with van der Waals surface area (Å²) in [5.74, 6) is -0.334. The van der Waals surface area contributed by atoms with Gasteiger partial charge in [0.2, 0.25) is 0 Å². The minimum absolute atomic E-state index is 0.119. The van der Waals surface area contributed by atoms with Crippen molar-refractivity contribution in [3.8, 4) is 0 Å². The fourth-order valence-electron chi connectivity index (χ4n) is 4.34. The molecule has 0 bridgehead atoms. The van der Waals surface area contributed by atoms with E-state index in [2.05, 4.69) is 20.8 Å². The van der Waals surface area contributed by atoms with Crippen LogP contribution < -0.4 is 0 Å². The van der Waals surface area contributed by atoms with Crippen LogP contribution in [0.15, 0.2) is 23.3 Å². The first-order valence-corrected chi connectivity index (χ1v) is 10.2. The van der Waals surface area contributed by atoms with E-state index in [1.54, 1.807) is 0 Å². The number of carbonyl (C=O) groups excluding carboxylic acids is 2. The van der Waals surface area contributed by atoms with Crippen LogP contribution in [0.1, 0.15) is 59.3 Å². The van der Waals surface area contributed by atoms with Gasteiger partial charge < -0.3 is 18.9 Å². The predicted molar refractivity (Wildman–Crippen MR) is 104 cm³/mol. The molecule has 0 unspecified atom stereocenters. The lowest BCUT2D eigenvalue weighted by atomic mass is 9.84. The van der Waals surface area contributed by atoms with Crippen LogP contribution in [0, 0.1) is 5.92 Å². The topological polar surface area (TPSA) is 77.7 Å². The Hall–Kier alpha value is -1.66. The van der Waals surface area contributed by atoms with Gasteiger partial charge >= 0.3 is 11.9 Å². The maximum Gasteiger partial charge on any atom is 0.333 e. The van der Waals surface area contributed by atoms with E-state index < -0.39 is 0 Å².